The van der Waals surface area contributed by atoms with E-state index in [4.69, 9.17) is 18.9 Å². The van der Waals surface area contributed by atoms with Crippen molar-refractivity contribution in [3.8, 4) is 0 Å². The molecule has 144 valence electrons. The maximum absolute atomic E-state index is 12.6. The van der Waals surface area contributed by atoms with Gasteiger partial charge in [-0.15, -0.1) is 0 Å². The summed E-state index contributed by atoms with van der Waals surface area (Å²) in [6.45, 7) is 10.7. The molecule has 0 spiro atoms. The van der Waals surface area contributed by atoms with E-state index < -0.39 is 11.4 Å². The Hall–Kier alpha value is -1.63. The van der Waals surface area contributed by atoms with Gasteiger partial charge in [-0.05, 0) is 40.2 Å². The maximum Gasteiger partial charge on any atom is 0.410 e. The minimum Gasteiger partial charge on any atom is -0.444 e. The van der Waals surface area contributed by atoms with Crippen LogP contribution in [0.25, 0.3) is 0 Å². The average molecular weight is 363 g/mol. The summed E-state index contributed by atoms with van der Waals surface area (Å²) in [5.74, 6) is -0.646. The van der Waals surface area contributed by atoms with Gasteiger partial charge in [0.05, 0.1) is 25.8 Å². The smallest absolute Gasteiger partial charge is 0.410 e. The zero-order valence-electron chi connectivity index (χ0n) is 16.2. The summed E-state index contributed by atoms with van der Waals surface area (Å²) >= 11 is 0. The van der Waals surface area contributed by atoms with Gasteiger partial charge >= 0.3 is 6.09 Å². The largest absolute Gasteiger partial charge is 0.444 e. The standard InChI is InChI=1S/C20H29NO5/c1-19(2,3)26-18(22)21-11-16-17(25-20(4,5)24-16)15(21)13-23-12-14-9-7-6-8-10-14/h6-10,15-17H,11-13H2,1-5H3/t15-,16+,17-/m0/s1. The van der Waals surface area contributed by atoms with Gasteiger partial charge in [0.2, 0.25) is 0 Å². The van der Waals surface area contributed by atoms with Crippen molar-refractivity contribution in [2.24, 2.45) is 0 Å². The Morgan fingerprint density at radius 3 is 2.58 bits per heavy atom. The fraction of sp³-hybridized carbons (Fsp3) is 0.650. The minimum absolute atomic E-state index is 0.164. The van der Waals surface area contributed by atoms with Crippen LogP contribution in [0.15, 0.2) is 30.3 Å². The van der Waals surface area contributed by atoms with Crippen LogP contribution >= 0.6 is 0 Å². The Labute approximate surface area is 155 Å². The number of ether oxygens (including phenoxy) is 4. The van der Waals surface area contributed by atoms with Gasteiger partial charge in [0.1, 0.15) is 17.8 Å². The number of amides is 1. The predicted octanol–water partition coefficient (Wildman–Crippen LogP) is 3.34. The molecule has 6 nitrogen and oxygen atoms in total. The van der Waals surface area contributed by atoms with Gasteiger partial charge < -0.3 is 18.9 Å². The molecule has 0 saturated carbocycles. The third-order valence-corrected chi connectivity index (χ3v) is 4.41. The van der Waals surface area contributed by atoms with Gasteiger partial charge in [0, 0.05) is 0 Å². The topological polar surface area (TPSA) is 57.2 Å². The fourth-order valence-electron chi connectivity index (χ4n) is 3.42. The number of likely N-dealkylation sites (tertiary alicyclic amines) is 1. The number of benzene rings is 1. The predicted molar refractivity (Wildman–Crippen MR) is 96.7 cm³/mol. The van der Waals surface area contributed by atoms with E-state index in [0.717, 1.165) is 5.56 Å². The molecule has 0 aromatic heterocycles. The molecule has 0 unspecified atom stereocenters. The van der Waals surface area contributed by atoms with Crippen molar-refractivity contribution >= 4 is 6.09 Å². The van der Waals surface area contributed by atoms with Crippen molar-refractivity contribution in [2.45, 2.75) is 70.9 Å². The first kappa shape index (κ1) is 19.1. The van der Waals surface area contributed by atoms with Crippen molar-refractivity contribution in [1.29, 1.82) is 0 Å². The first-order chi connectivity index (χ1) is 12.1. The molecular formula is C20H29NO5. The summed E-state index contributed by atoms with van der Waals surface area (Å²) in [4.78, 5) is 14.3. The molecule has 0 radical (unpaired) electrons. The summed E-state index contributed by atoms with van der Waals surface area (Å²) in [5.41, 5.74) is 0.542. The molecule has 0 aliphatic carbocycles. The van der Waals surface area contributed by atoms with Gasteiger partial charge in [-0.25, -0.2) is 4.79 Å². The second-order valence-electron chi connectivity index (χ2n) is 8.34. The maximum atomic E-state index is 12.6. The lowest BCUT2D eigenvalue weighted by Crippen LogP contribution is -2.46. The molecule has 1 aromatic rings. The molecule has 2 aliphatic rings. The lowest BCUT2D eigenvalue weighted by atomic mass is 10.1. The SMILES string of the molecule is CC(C)(C)OC(=O)N1C[C@H]2OC(C)(C)O[C@H]2[C@@H]1COCc1ccccc1. The van der Waals surface area contributed by atoms with Gasteiger partial charge in [0.25, 0.3) is 0 Å². The van der Waals surface area contributed by atoms with Gasteiger partial charge in [-0.2, -0.15) is 0 Å². The minimum atomic E-state index is -0.646. The lowest BCUT2D eigenvalue weighted by molar-refractivity contribution is -0.163. The summed E-state index contributed by atoms with van der Waals surface area (Å²) in [6.07, 6.45) is -0.735. The van der Waals surface area contributed by atoms with E-state index in [2.05, 4.69) is 0 Å². The zero-order chi connectivity index (χ0) is 18.9. The number of rotatable bonds is 4. The average Bonchev–Trinajstić information content (AvgIpc) is 2.99. The van der Waals surface area contributed by atoms with Gasteiger partial charge in [-0.3, -0.25) is 4.90 Å². The van der Waals surface area contributed by atoms with E-state index in [-0.39, 0.29) is 24.3 Å². The Bertz CT molecular complexity index is 625. The van der Waals surface area contributed by atoms with E-state index in [1.165, 1.54) is 0 Å². The van der Waals surface area contributed by atoms with Gasteiger partial charge in [0.15, 0.2) is 5.79 Å². The van der Waals surface area contributed by atoms with Crippen LogP contribution < -0.4 is 0 Å². The Kier molecular flexibility index (Phi) is 5.28. The molecule has 2 heterocycles. The number of carbonyl (C=O) groups is 1. The summed E-state index contributed by atoms with van der Waals surface area (Å²) in [7, 11) is 0. The second kappa shape index (κ2) is 7.18. The van der Waals surface area contributed by atoms with Crippen LogP contribution in [0.2, 0.25) is 0 Å². The first-order valence-corrected chi connectivity index (χ1v) is 9.11. The quantitative estimate of drug-likeness (QED) is 0.821. The van der Waals surface area contributed by atoms with Crippen LogP contribution in [0.5, 0.6) is 0 Å². The summed E-state index contributed by atoms with van der Waals surface area (Å²) in [6, 6.07) is 9.73. The van der Waals surface area contributed by atoms with Crippen molar-refractivity contribution in [1.82, 2.24) is 4.90 Å². The van der Waals surface area contributed by atoms with Gasteiger partial charge in [-0.1, -0.05) is 30.3 Å². The Morgan fingerprint density at radius 2 is 1.92 bits per heavy atom. The van der Waals surface area contributed by atoms with Crippen LogP contribution in [0.4, 0.5) is 4.79 Å². The third kappa shape index (κ3) is 4.55. The van der Waals surface area contributed by atoms with Crippen LogP contribution in [-0.4, -0.2) is 53.8 Å². The number of fused-ring (bicyclic) bond motifs is 1. The highest BCUT2D eigenvalue weighted by Crippen LogP contribution is 2.37. The third-order valence-electron chi connectivity index (χ3n) is 4.41. The molecule has 2 saturated heterocycles. The first-order valence-electron chi connectivity index (χ1n) is 9.11. The molecule has 2 fully saturated rings. The number of carbonyl (C=O) groups excluding carboxylic acids is 1. The van der Waals surface area contributed by atoms with Crippen molar-refractivity contribution < 1.29 is 23.7 Å². The van der Waals surface area contributed by atoms with E-state index in [9.17, 15) is 4.79 Å². The summed E-state index contributed by atoms with van der Waals surface area (Å²) < 4.78 is 23.5. The Morgan fingerprint density at radius 1 is 1.23 bits per heavy atom. The Balaban J connectivity index is 1.67. The molecular weight excluding hydrogens is 334 g/mol. The molecule has 1 aromatic carbocycles. The molecule has 0 N–H and O–H groups in total. The van der Waals surface area contributed by atoms with E-state index in [0.29, 0.717) is 19.8 Å². The van der Waals surface area contributed by atoms with Crippen molar-refractivity contribution in [2.75, 3.05) is 13.2 Å². The second-order valence-corrected chi connectivity index (χ2v) is 8.34. The molecule has 3 atom stereocenters. The van der Waals surface area contributed by atoms with Crippen molar-refractivity contribution in [3.05, 3.63) is 35.9 Å². The highest BCUT2D eigenvalue weighted by Gasteiger charge is 2.54. The number of nitrogens with zero attached hydrogens (tertiary/aromatic N) is 1. The fourth-order valence-corrected chi connectivity index (χ4v) is 3.42. The summed E-state index contributed by atoms with van der Waals surface area (Å²) in [5, 5.41) is 0. The van der Waals surface area contributed by atoms with E-state index in [1.54, 1.807) is 4.90 Å². The highest BCUT2D eigenvalue weighted by atomic mass is 16.8. The highest BCUT2D eigenvalue weighted by molar-refractivity contribution is 5.69. The molecule has 6 heteroatoms. The molecule has 0 bridgehead atoms. The van der Waals surface area contributed by atoms with Crippen LogP contribution in [0, 0.1) is 0 Å². The van der Waals surface area contributed by atoms with E-state index in [1.807, 2.05) is 65.0 Å². The van der Waals surface area contributed by atoms with Crippen molar-refractivity contribution in [3.63, 3.8) is 0 Å². The van der Waals surface area contributed by atoms with Crippen LogP contribution in [0.3, 0.4) is 0 Å². The molecule has 3 rings (SSSR count). The molecule has 2 aliphatic heterocycles. The van der Waals surface area contributed by atoms with E-state index >= 15 is 0 Å². The number of hydrogen-bond acceptors (Lipinski definition) is 5. The molecule has 26 heavy (non-hydrogen) atoms. The van der Waals surface area contributed by atoms with Crippen LogP contribution in [0.1, 0.15) is 40.2 Å². The molecule has 1 amide bonds. The zero-order valence-corrected chi connectivity index (χ0v) is 16.2. The monoisotopic (exact) mass is 363 g/mol. The number of hydrogen-bond donors (Lipinski definition) is 0. The van der Waals surface area contributed by atoms with Crippen LogP contribution in [-0.2, 0) is 25.6 Å². The lowest BCUT2D eigenvalue weighted by Gasteiger charge is -2.31. The normalized spacial score (nSPS) is 27.4.